The van der Waals surface area contributed by atoms with Crippen LogP contribution in [-0.4, -0.2) is 5.91 Å². The van der Waals surface area contributed by atoms with E-state index in [9.17, 15) is 4.79 Å². The molecule has 3 rings (SSSR count). The van der Waals surface area contributed by atoms with Gasteiger partial charge in [0, 0.05) is 9.86 Å². The number of carbonyl (C=O) groups excluding carboxylic acids is 1. The molecule has 4 heteroatoms. The van der Waals surface area contributed by atoms with E-state index in [1.807, 2.05) is 49.4 Å². The lowest BCUT2D eigenvalue weighted by Crippen LogP contribution is -2.11. The highest BCUT2D eigenvalue weighted by Gasteiger charge is 2.13. The number of amides is 1. The van der Waals surface area contributed by atoms with Crippen molar-refractivity contribution in [2.45, 2.75) is 6.92 Å². The Morgan fingerprint density at radius 2 is 1.95 bits per heavy atom. The summed E-state index contributed by atoms with van der Waals surface area (Å²) < 4.78 is 6.43. The van der Waals surface area contributed by atoms with Crippen molar-refractivity contribution in [1.82, 2.24) is 0 Å². The van der Waals surface area contributed by atoms with Gasteiger partial charge in [-0.2, -0.15) is 0 Å². The average molecular weight is 330 g/mol. The van der Waals surface area contributed by atoms with Crippen molar-refractivity contribution in [2.24, 2.45) is 0 Å². The number of nitrogens with one attached hydrogen (secondary N) is 1. The van der Waals surface area contributed by atoms with Crippen LogP contribution in [0.3, 0.4) is 0 Å². The smallest absolute Gasteiger partial charge is 0.291 e. The first-order valence-electron chi connectivity index (χ1n) is 6.19. The van der Waals surface area contributed by atoms with Gasteiger partial charge in [-0.3, -0.25) is 4.79 Å². The SMILES string of the molecule is Cc1ccc2cc(C(=O)Nc3ccccc3Br)oc2c1. The Hall–Kier alpha value is -2.07. The Kier molecular flexibility index (Phi) is 3.32. The fourth-order valence-electron chi connectivity index (χ4n) is 2.00. The molecule has 3 nitrogen and oxygen atoms in total. The van der Waals surface area contributed by atoms with Crippen LogP contribution in [0.4, 0.5) is 5.69 Å². The lowest BCUT2D eigenvalue weighted by Gasteiger charge is -2.04. The van der Waals surface area contributed by atoms with Crippen LogP contribution in [0, 0.1) is 6.92 Å². The van der Waals surface area contributed by atoms with Crippen molar-refractivity contribution in [1.29, 1.82) is 0 Å². The molecule has 3 aromatic rings. The van der Waals surface area contributed by atoms with Crippen molar-refractivity contribution in [3.63, 3.8) is 0 Å². The minimum Gasteiger partial charge on any atom is -0.451 e. The summed E-state index contributed by atoms with van der Waals surface area (Å²) in [5.41, 5.74) is 2.54. The molecular formula is C16H12BrNO2. The monoisotopic (exact) mass is 329 g/mol. The summed E-state index contributed by atoms with van der Waals surface area (Å²) in [5.74, 6) is 0.0482. The van der Waals surface area contributed by atoms with E-state index in [0.29, 0.717) is 11.4 Å². The summed E-state index contributed by atoms with van der Waals surface area (Å²) in [6, 6.07) is 15.1. The van der Waals surface area contributed by atoms with E-state index >= 15 is 0 Å². The van der Waals surface area contributed by atoms with E-state index in [0.717, 1.165) is 21.0 Å². The van der Waals surface area contributed by atoms with Crippen LogP contribution in [0.25, 0.3) is 11.0 Å². The molecule has 0 aliphatic rings. The standard InChI is InChI=1S/C16H12BrNO2/c1-10-6-7-11-9-15(20-14(11)8-10)16(19)18-13-5-3-2-4-12(13)17/h2-9H,1H3,(H,18,19). The van der Waals surface area contributed by atoms with Gasteiger partial charge in [0.25, 0.3) is 5.91 Å². The van der Waals surface area contributed by atoms with Gasteiger partial charge in [-0.15, -0.1) is 0 Å². The number of furan rings is 1. The summed E-state index contributed by atoms with van der Waals surface area (Å²) in [5, 5.41) is 3.75. The van der Waals surface area contributed by atoms with Crippen molar-refractivity contribution < 1.29 is 9.21 Å². The van der Waals surface area contributed by atoms with Crippen LogP contribution >= 0.6 is 15.9 Å². The second kappa shape index (κ2) is 5.13. The van der Waals surface area contributed by atoms with Gasteiger partial charge in [0.15, 0.2) is 5.76 Å². The van der Waals surface area contributed by atoms with Crippen LogP contribution in [-0.2, 0) is 0 Å². The van der Waals surface area contributed by atoms with Gasteiger partial charge in [-0.25, -0.2) is 0 Å². The molecule has 0 aliphatic heterocycles. The van der Waals surface area contributed by atoms with E-state index in [2.05, 4.69) is 21.2 Å². The Morgan fingerprint density at radius 1 is 1.15 bits per heavy atom. The second-order valence-corrected chi connectivity index (χ2v) is 5.44. The molecule has 0 atom stereocenters. The third-order valence-corrected chi connectivity index (χ3v) is 3.71. The number of fused-ring (bicyclic) bond motifs is 1. The Bertz CT molecular complexity index is 792. The molecule has 2 aromatic carbocycles. The topological polar surface area (TPSA) is 42.2 Å². The Labute approximate surface area is 124 Å². The van der Waals surface area contributed by atoms with E-state index in [4.69, 9.17) is 4.42 Å². The summed E-state index contributed by atoms with van der Waals surface area (Å²) in [6.45, 7) is 1.99. The number of benzene rings is 2. The molecule has 0 radical (unpaired) electrons. The van der Waals surface area contributed by atoms with Crippen LogP contribution in [0.5, 0.6) is 0 Å². The molecule has 100 valence electrons. The highest BCUT2D eigenvalue weighted by atomic mass is 79.9. The van der Waals surface area contributed by atoms with Gasteiger partial charge in [0.1, 0.15) is 5.58 Å². The Morgan fingerprint density at radius 3 is 2.75 bits per heavy atom. The third kappa shape index (κ3) is 2.47. The highest BCUT2D eigenvalue weighted by molar-refractivity contribution is 9.10. The first-order chi connectivity index (χ1) is 9.63. The maximum absolute atomic E-state index is 12.2. The lowest BCUT2D eigenvalue weighted by atomic mass is 10.2. The van der Waals surface area contributed by atoms with Gasteiger partial charge < -0.3 is 9.73 Å². The largest absolute Gasteiger partial charge is 0.451 e. The maximum Gasteiger partial charge on any atom is 0.291 e. The number of hydrogen-bond acceptors (Lipinski definition) is 2. The zero-order valence-electron chi connectivity index (χ0n) is 10.8. The molecule has 1 N–H and O–H groups in total. The molecular weight excluding hydrogens is 318 g/mol. The van der Waals surface area contributed by atoms with Crippen molar-refractivity contribution in [3.8, 4) is 0 Å². The number of hydrogen-bond donors (Lipinski definition) is 1. The number of aryl methyl sites for hydroxylation is 1. The fraction of sp³-hybridized carbons (Fsp3) is 0.0625. The van der Waals surface area contributed by atoms with Gasteiger partial charge in [0.2, 0.25) is 0 Å². The predicted octanol–water partition coefficient (Wildman–Crippen LogP) is 4.76. The van der Waals surface area contributed by atoms with Crippen molar-refractivity contribution in [2.75, 3.05) is 5.32 Å². The zero-order valence-corrected chi connectivity index (χ0v) is 12.4. The second-order valence-electron chi connectivity index (χ2n) is 4.59. The number of rotatable bonds is 2. The molecule has 0 spiro atoms. The normalized spacial score (nSPS) is 10.7. The first kappa shape index (κ1) is 12.9. The predicted molar refractivity (Wildman–Crippen MR) is 83.0 cm³/mol. The van der Waals surface area contributed by atoms with E-state index in [1.54, 1.807) is 6.07 Å². The molecule has 0 saturated heterocycles. The van der Waals surface area contributed by atoms with Gasteiger partial charge in [-0.05, 0) is 52.7 Å². The van der Waals surface area contributed by atoms with Gasteiger partial charge in [0.05, 0.1) is 5.69 Å². The number of carbonyl (C=O) groups is 1. The van der Waals surface area contributed by atoms with Crippen LogP contribution in [0.1, 0.15) is 16.1 Å². The molecule has 0 fully saturated rings. The van der Waals surface area contributed by atoms with Crippen molar-refractivity contribution >= 4 is 38.5 Å². The van der Waals surface area contributed by atoms with Gasteiger partial charge >= 0.3 is 0 Å². The fourth-order valence-corrected chi connectivity index (χ4v) is 2.38. The number of para-hydroxylation sites is 1. The van der Waals surface area contributed by atoms with E-state index in [1.165, 1.54) is 0 Å². The number of halogens is 1. The average Bonchev–Trinajstić information content (AvgIpc) is 2.84. The molecule has 0 saturated carbocycles. The van der Waals surface area contributed by atoms with Crippen LogP contribution in [0.15, 0.2) is 57.4 Å². The summed E-state index contributed by atoms with van der Waals surface area (Å²) in [6.07, 6.45) is 0. The summed E-state index contributed by atoms with van der Waals surface area (Å²) >= 11 is 3.40. The molecule has 20 heavy (non-hydrogen) atoms. The maximum atomic E-state index is 12.2. The minimum absolute atomic E-state index is 0.259. The minimum atomic E-state index is -0.259. The highest BCUT2D eigenvalue weighted by Crippen LogP contribution is 2.24. The zero-order chi connectivity index (χ0) is 14.1. The first-order valence-corrected chi connectivity index (χ1v) is 6.99. The quantitative estimate of drug-likeness (QED) is 0.736. The Balaban J connectivity index is 1.91. The molecule has 1 amide bonds. The summed E-state index contributed by atoms with van der Waals surface area (Å²) in [4.78, 5) is 12.2. The third-order valence-electron chi connectivity index (χ3n) is 3.02. The molecule has 0 unspecified atom stereocenters. The van der Waals surface area contributed by atoms with E-state index in [-0.39, 0.29) is 5.91 Å². The van der Waals surface area contributed by atoms with E-state index < -0.39 is 0 Å². The molecule has 0 aliphatic carbocycles. The lowest BCUT2D eigenvalue weighted by molar-refractivity contribution is 0.0998. The van der Waals surface area contributed by atoms with Crippen molar-refractivity contribution in [3.05, 3.63) is 64.3 Å². The molecule has 1 aromatic heterocycles. The summed E-state index contributed by atoms with van der Waals surface area (Å²) in [7, 11) is 0. The number of anilines is 1. The molecule has 0 bridgehead atoms. The molecule has 1 heterocycles. The van der Waals surface area contributed by atoms with Gasteiger partial charge in [-0.1, -0.05) is 24.3 Å². The van der Waals surface area contributed by atoms with Crippen LogP contribution < -0.4 is 5.32 Å². The van der Waals surface area contributed by atoms with Crippen LogP contribution in [0.2, 0.25) is 0 Å².